The van der Waals surface area contributed by atoms with Crippen LogP contribution in [0.15, 0.2) is 0 Å². The molecule has 1 fully saturated rings. The van der Waals surface area contributed by atoms with Crippen molar-refractivity contribution in [3.63, 3.8) is 0 Å². The summed E-state index contributed by atoms with van der Waals surface area (Å²) in [5.74, 6) is 0. The van der Waals surface area contributed by atoms with Gasteiger partial charge in [0.1, 0.15) is 6.10 Å². The van der Waals surface area contributed by atoms with E-state index in [4.69, 9.17) is 20.1 Å². The molecule has 0 aliphatic carbocycles. The zero-order chi connectivity index (χ0) is 7.56. The van der Waals surface area contributed by atoms with Gasteiger partial charge in [-0.1, -0.05) is 0 Å². The molecule has 0 aromatic heterocycles. The summed E-state index contributed by atoms with van der Waals surface area (Å²) in [6, 6.07) is 0. The van der Waals surface area contributed by atoms with Gasteiger partial charge < -0.3 is 20.1 Å². The molecule has 1 rings (SSSR count). The van der Waals surface area contributed by atoms with Crippen LogP contribution in [0.25, 0.3) is 0 Å². The Morgan fingerprint density at radius 3 is 2.50 bits per heavy atom. The van der Waals surface area contributed by atoms with Gasteiger partial charge in [0.25, 0.3) is 0 Å². The Bertz CT molecular complexity index is 106. The maximum atomic E-state index is 9.04. The van der Waals surface area contributed by atoms with E-state index in [0.717, 1.165) is 0 Å². The van der Waals surface area contributed by atoms with Gasteiger partial charge in [0.15, 0.2) is 0 Å². The third kappa shape index (κ3) is 1.67. The molecular weight excluding hydrogens is 136 g/mol. The van der Waals surface area contributed by atoms with Crippen molar-refractivity contribution in [2.24, 2.45) is 0 Å². The predicted octanol–water partition coefficient (Wildman–Crippen LogP) is -1.51. The molecule has 0 saturated carbocycles. The molecule has 0 aromatic carbocycles. The maximum Gasteiger partial charge on any atom is 0.103 e. The second kappa shape index (κ2) is 3.30. The summed E-state index contributed by atoms with van der Waals surface area (Å²) in [6.07, 6.45) is -1.52. The summed E-state index contributed by atoms with van der Waals surface area (Å²) in [6.45, 7) is 0.0240. The molecule has 1 heterocycles. The highest BCUT2D eigenvalue weighted by Crippen LogP contribution is 2.13. The fraction of sp³-hybridized carbons (Fsp3) is 1.00. The van der Waals surface area contributed by atoms with E-state index in [2.05, 4.69) is 0 Å². The summed E-state index contributed by atoms with van der Waals surface area (Å²) in [4.78, 5) is 0. The number of aliphatic hydroxyl groups excluding tert-OH is 3. The molecule has 60 valence electrons. The third-order valence-electron chi connectivity index (χ3n) is 1.65. The molecule has 1 aliphatic heterocycles. The first-order chi connectivity index (χ1) is 4.74. The Kier molecular flexibility index (Phi) is 2.62. The van der Waals surface area contributed by atoms with Gasteiger partial charge >= 0.3 is 0 Å². The Labute approximate surface area is 59.1 Å². The minimum absolute atomic E-state index is 0.0935. The van der Waals surface area contributed by atoms with Gasteiger partial charge in [-0.3, -0.25) is 0 Å². The van der Waals surface area contributed by atoms with Crippen molar-refractivity contribution in [3.05, 3.63) is 0 Å². The zero-order valence-corrected chi connectivity index (χ0v) is 5.60. The highest BCUT2D eigenvalue weighted by atomic mass is 16.5. The molecule has 4 nitrogen and oxygen atoms in total. The molecule has 4 heteroatoms. The Balaban J connectivity index is 2.33. The second-order valence-corrected chi connectivity index (χ2v) is 2.51. The van der Waals surface area contributed by atoms with Crippen LogP contribution in [0, 0.1) is 0 Å². The molecule has 1 aliphatic rings. The minimum atomic E-state index is -0.789. The van der Waals surface area contributed by atoms with Gasteiger partial charge in [0, 0.05) is 6.42 Å². The van der Waals surface area contributed by atoms with Crippen LogP contribution < -0.4 is 0 Å². The molecule has 0 bridgehead atoms. The van der Waals surface area contributed by atoms with E-state index in [0.29, 0.717) is 6.42 Å². The van der Waals surface area contributed by atoms with E-state index >= 15 is 0 Å². The minimum Gasteiger partial charge on any atom is -0.394 e. The first kappa shape index (κ1) is 7.94. The quantitative estimate of drug-likeness (QED) is 0.423. The average Bonchev–Trinajstić information content (AvgIpc) is 1.95. The van der Waals surface area contributed by atoms with Crippen LogP contribution in [-0.2, 0) is 4.74 Å². The van der Waals surface area contributed by atoms with E-state index in [1.807, 2.05) is 0 Å². The number of ether oxygens (including phenoxy) is 1. The standard InChI is InChI=1S/C6H12O4/c7-2-4-1-5(8)6(9)3-10-4/h4-9H,1-3H2. The summed E-state index contributed by atoms with van der Waals surface area (Å²) in [5.41, 5.74) is 0. The fourth-order valence-corrected chi connectivity index (χ4v) is 0.967. The van der Waals surface area contributed by atoms with Crippen LogP contribution in [0.5, 0.6) is 0 Å². The van der Waals surface area contributed by atoms with Gasteiger partial charge in [0.05, 0.1) is 25.4 Å². The highest BCUT2D eigenvalue weighted by molar-refractivity contribution is 4.76. The van der Waals surface area contributed by atoms with Crippen LogP contribution >= 0.6 is 0 Å². The van der Waals surface area contributed by atoms with Crippen molar-refractivity contribution in [2.75, 3.05) is 13.2 Å². The molecule has 0 aromatic rings. The normalized spacial score (nSPS) is 41.7. The molecule has 0 amide bonds. The summed E-state index contributed by atoms with van der Waals surface area (Å²) >= 11 is 0. The molecule has 1 saturated heterocycles. The SMILES string of the molecule is OCC1CC(O)C(O)CO1. The monoisotopic (exact) mass is 148 g/mol. The molecule has 0 spiro atoms. The van der Waals surface area contributed by atoms with E-state index < -0.39 is 12.2 Å². The Hall–Kier alpha value is -0.160. The largest absolute Gasteiger partial charge is 0.394 e. The topological polar surface area (TPSA) is 69.9 Å². The lowest BCUT2D eigenvalue weighted by Gasteiger charge is -2.29. The lowest BCUT2D eigenvalue weighted by molar-refractivity contribution is -0.131. The van der Waals surface area contributed by atoms with E-state index in [-0.39, 0.29) is 19.3 Å². The van der Waals surface area contributed by atoms with Crippen molar-refractivity contribution >= 4 is 0 Å². The van der Waals surface area contributed by atoms with Crippen molar-refractivity contribution in [1.29, 1.82) is 0 Å². The van der Waals surface area contributed by atoms with Gasteiger partial charge in [-0.15, -0.1) is 0 Å². The van der Waals surface area contributed by atoms with Crippen molar-refractivity contribution in [3.8, 4) is 0 Å². The highest BCUT2D eigenvalue weighted by Gasteiger charge is 2.27. The van der Waals surface area contributed by atoms with Crippen molar-refractivity contribution in [1.82, 2.24) is 0 Å². The van der Waals surface area contributed by atoms with E-state index in [9.17, 15) is 0 Å². The second-order valence-electron chi connectivity index (χ2n) is 2.51. The smallest absolute Gasteiger partial charge is 0.103 e. The van der Waals surface area contributed by atoms with Crippen molar-refractivity contribution < 1.29 is 20.1 Å². The third-order valence-corrected chi connectivity index (χ3v) is 1.65. The van der Waals surface area contributed by atoms with Crippen LogP contribution in [0.2, 0.25) is 0 Å². The van der Waals surface area contributed by atoms with E-state index in [1.54, 1.807) is 0 Å². The summed E-state index contributed by atoms with van der Waals surface area (Å²) in [7, 11) is 0. The first-order valence-corrected chi connectivity index (χ1v) is 3.32. The summed E-state index contributed by atoms with van der Waals surface area (Å²) in [5, 5.41) is 26.5. The Morgan fingerprint density at radius 2 is 2.00 bits per heavy atom. The lowest BCUT2D eigenvalue weighted by Crippen LogP contribution is -2.42. The van der Waals surface area contributed by atoms with Gasteiger partial charge in [-0.05, 0) is 0 Å². The van der Waals surface area contributed by atoms with Gasteiger partial charge in [-0.25, -0.2) is 0 Å². The number of hydrogen-bond acceptors (Lipinski definition) is 4. The van der Waals surface area contributed by atoms with Crippen LogP contribution in [0.3, 0.4) is 0 Å². The molecular formula is C6H12O4. The fourth-order valence-electron chi connectivity index (χ4n) is 0.967. The van der Waals surface area contributed by atoms with Crippen molar-refractivity contribution in [2.45, 2.75) is 24.7 Å². The van der Waals surface area contributed by atoms with Crippen LogP contribution in [0.1, 0.15) is 6.42 Å². The number of rotatable bonds is 1. The molecule has 0 radical (unpaired) electrons. The molecule has 3 atom stereocenters. The lowest BCUT2D eigenvalue weighted by atomic mass is 10.0. The van der Waals surface area contributed by atoms with Crippen LogP contribution in [0.4, 0.5) is 0 Å². The van der Waals surface area contributed by atoms with Gasteiger partial charge in [0.2, 0.25) is 0 Å². The number of hydrogen-bond donors (Lipinski definition) is 3. The van der Waals surface area contributed by atoms with E-state index in [1.165, 1.54) is 0 Å². The maximum absolute atomic E-state index is 9.04. The van der Waals surface area contributed by atoms with Gasteiger partial charge in [-0.2, -0.15) is 0 Å². The average molecular weight is 148 g/mol. The predicted molar refractivity (Wildman–Crippen MR) is 33.5 cm³/mol. The summed E-state index contributed by atoms with van der Waals surface area (Å²) < 4.78 is 4.95. The first-order valence-electron chi connectivity index (χ1n) is 3.32. The number of aliphatic hydroxyl groups is 3. The van der Waals surface area contributed by atoms with Crippen LogP contribution in [-0.4, -0.2) is 46.8 Å². The Morgan fingerprint density at radius 1 is 1.30 bits per heavy atom. The zero-order valence-electron chi connectivity index (χ0n) is 5.60. The molecule has 3 unspecified atom stereocenters. The molecule has 10 heavy (non-hydrogen) atoms. The molecule has 3 N–H and O–H groups in total.